The van der Waals surface area contributed by atoms with Gasteiger partial charge < -0.3 is 28.3 Å². The molecule has 194 valence electrons. The summed E-state index contributed by atoms with van der Waals surface area (Å²) in [7, 11) is 0. The fourth-order valence-corrected chi connectivity index (χ4v) is 4.91. The second-order valence-corrected chi connectivity index (χ2v) is 9.00. The molecule has 0 N–H and O–H groups in total. The summed E-state index contributed by atoms with van der Waals surface area (Å²) in [6, 6.07) is 3.85. The number of aromatic nitrogens is 1. The number of hydrogen-bond donors (Lipinski definition) is 0. The molecule has 36 heavy (non-hydrogen) atoms. The first kappa shape index (κ1) is 27.3. The second-order valence-electron chi connectivity index (χ2n) is 8.61. The lowest BCUT2D eigenvalue weighted by molar-refractivity contribution is -0.269. The third-order valence-electron chi connectivity index (χ3n) is 5.88. The molecule has 0 saturated carbocycles. The molecule has 0 unspecified atom stereocenters. The van der Waals surface area contributed by atoms with Gasteiger partial charge in [0.25, 0.3) is 0 Å². The number of aryl methyl sites for hydroxylation is 1. The number of nitrogens with zero attached hydrogens (tertiary/aromatic N) is 2. The summed E-state index contributed by atoms with van der Waals surface area (Å²) in [6.45, 7) is 4.35. The highest BCUT2D eigenvalue weighted by atomic mass is 32.1. The Labute approximate surface area is 213 Å². The van der Waals surface area contributed by atoms with Gasteiger partial charge in [-0.1, -0.05) is 12.2 Å². The highest BCUT2D eigenvalue weighted by molar-refractivity contribution is 7.71. The van der Waals surface area contributed by atoms with Crippen LogP contribution in [-0.2, 0) is 55.7 Å². The van der Waals surface area contributed by atoms with Crippen molar-refractivity contribution in [3.8, 4) is 6.07 Å². The average Bonchev–Trinajstić information content (AvgIpc) is 2.79. The van der Waals surface area contributed by atoms with Gasteiger partial charge in [-0.15, -0.1) is 0 Å². The molecule has 1 aliphatic heterocycles. The van der Waals surface area contributed by atoms with E-state index in [1.54, 1.807) is 10.6 Å². The Bertz CT molecular complexity index is 1160. The van der Waals surface area contributed by atoms with Gasteiger partial charge in [-0.05, 0) is 37.3 Å². The summed E-state index contributed by atoms with van der Waals surface area (Å²) in [5.74, 6) is -2.75. The van der Waals surface area contributed by atoms with Gasteiger partial charge in [-0.3, -0.25) is 19.2 Å². The van der Waals surface area contributed by atoms with Crippen LogP contribution in [0.3, 0.4) is 0 Å². The number of pyridine rings is 1. The maximum absolute atomic E-state index is 12.2. The van der Waals surface area contributed by atoms with Crippen LogP contribution in [-0.4, -0.2) is 59.5 Å². The normalized spacial score (nSPS) is 25.0. The van der Waals surface area contributed by atoms with Crippen molar-refractivity contribution in [2.75, 3.05) is 6.61 Å². The molecule has 0 aromatic carbocycles. The Morgan fingerprint density at radius 3 is 2.14 bits per heavy atom. The molecule has 12 heteroatoms. The molecule has 1 aliphatic carbocycles. The van der Waals surface area contributed by atoms with Gasteiger partial charge in [0.05, 0.1) is 5.56 Å². The van der Waals surface area contributed by atoms with Crippen molar-refractivity contribution in [1.29, 1.82) is 5.26 Å². The van der Waals surface area contributed by atoms with E-state index in [1.165, 1.54) is 13.8 Å². The van der Waals surface area contributed by atoms with Crippen LogP contribution in [0.2, 0.25) is 0 Å². The fourth-order valence-electron chi connectivity index (χ4n) is 4.59. The topological polar surface area (TPSA) is 143 Å². The molecule has 0 amide bonds. The molecule has 3 rings (SSSR count). The van der Waals surface area contributed by atoms with E-state index in [9.17, 15) is 24.4 Å². The lowest BCUT2D eigenvalue weighted by atomic mass is 9.92. The molecule has 1 saturated heterocycles. The van der Waals surface area contributed by atoms with E-state index in [4.69, 9.17) is 35.9 Å². The molecule has 2 aliphatic rings. The Balaban J connectivity index is 2.23. The van der Waals surface area contributed by atoms with E-state index in [0.29, 0.717) is 12.8 Å². The van der Waals surface area contributed by atoms with Crippen molar-refractivity contribution in [2.24, 2.45) is 0 Å². The van der Waals surface area contributed by atoms with Gasteiger partial charge in [0.1, 0.15) is 23.4 Å². The summed E-state index contributed by atoms with van der Waals surface area (Å²) in [4.78, 5) is 47.8. The second kappa shape index (κ2) is 11.6. The van der Waals surface area contributed by atoms with Gasteiger partial charge >= 0.3 is 23.9 Å². The minimum atomic E-state index is -1.32. The first-order valence-electron chi connectivity index (χ1n) is 11.5. The predicted molar refractivity (Wildman–Crippen MR) is 124 cm³/mol. The number of rotatable bonds is 6. The van der Waals surface area contributed by atoms with Crippen LogP contribution in [0.25, 0.3) is 0 Å². The van der Waals surface area contributed by atoms with Crippen molar-refractivity contribution >= 4 is 36.1 Å². The van der Waals surface area contributed by atoms with E-state index in [0.717, 1.165) is 37.9 Å². The first-order chi connectivity index (χ1) is 17.0. The van der Waals surface area contributed by atoms with E-state index < -0.39 is 54.5 Å². The summed E-state index contributed by atoms with van der Waals surface area (Å²) >= 11 is 5.64. The zero-order chi connectivity index (χ0) is 26.6. The zero-order valence-electron chi connectivity index (χ0n) is 20.5. The number of carbonyl (C=O) groups excluding carboxylic acids is 4. The van der Waals surface area contributed by atoms with E-state index in [-0.39, 0.29) is 16.8 Å². The molecule has 2 heterocycles. The monoisotopic (exact) mass is 520 g/mol. The standard InChI is InChI=1S/C24H28N2O9S/c1-12(27)31-11-19-20(32-13(2)28)21(33-14(3)29)22(34-15(4)30)23(35-19)26-18-8-6-5-7-16(18)9-17(10-25)24(26)36/h9,19-23H,5-8,11H2,1-4H3/t19-,20+,21+,22+,23-/m1/s1. The maximum atomic E-state index is 12.2. The number of esters is 4. The summed E-state index contributed by atoms with van der Waals surface area (Å²) in [5.41, 5.74) is 1.93. The molecular formula is C24H28N2O9S. The highest BCUT2D eigenvalue weighted by Gasteiger charge is 2.53. The van der Waals surface area contributed by atoms with Gasteiger partial charge in [-0.2, -0.15) is 5.26 Å². The molecule has 0 radical (unpaired) electrons. The maximum Gasteiger partial charge on any atom is 0.303 e. The average molecular weight is 521 g/mol. The van der Waals surface area contributed by atoms with Crippen LogP contribution < -0.4 is 0 Å². The van der Waals surface area contributed by atoms with Crippen molar-refractivity contribution in [1.82, 2.24) is 4.57 Å². The smallest absolute Gasteiger partial charge is 0.303 e. The summed E-state index contributed by atoms with van der Waals surface area (Å²) < 4.78 is 29.7. The minimum Gasteiger partial charge on any atom is -0.463 e. The Kier molecular flexibility index (Phi) is 8.81. The molecule has 0 bridgehead atoms. The van der Waals surface area contributed by atoms with Crippen LogP contribution in [0, 0.1) is 16.0 Å². The Morgan fingerprint density at radius 2 is 1.56 bits per heavy atom. The molecule has 1 aromatic rings. The third kappa shape index (κ3) is 6.09. The van der Waals surface area contributed by atoms with Gasteiger partial charge in [-0.25, -0.2) is 0 Å². The molecule has 11 nitrogen and oxygen atoms in total. The first-order valence-corrected chi connectivity index (χ1v) is 11.9. The number of hydrogen-bond acceptors (Lipinski definition) is 11. The molecule has 0 spiro atoms. The van der Waals surface area contributed by atoms with Crippen molar-refractivity contribution in [3.63, 3.8) is 0 Å². The predicted octanol–water partition coefficient (Wildman–Crippen LogP) is 2.22. The van der Waals surface area contributed by atoms with E-state index >= 15 is 0 Å². The van der Waals surface area contributed by atoms with Crippen molar-refractivity contribution in [2.45, 2.75) is 84.0 Å². The Morgan fingerprint density at radius 1 is 0.972 bits per heavy atom. The van der Waals surface area contributed by atoms with E-state index in [1.807, 2.05) is 0 Å². The van der Waals surface area contributed by atoms with Crippen molar-refractivity contribution in [3.05, 3.63) is 27.5 Å². The van der Waals surface area contributed by atoms with Crippen LogP contribution in [0.4, 0.5) is 0 Å². The van der Waals surface area contributed by atoms with E-state index in [2.05, 4.69) is 6.07 Å². The number of nitriles is 1. The lowest BCUT2D eigenvalue weighted by Crippen LogP contribution is -2.61. The van der Waals surface area contributed by atoms with Crippen molar-refractivity contribution < 1.29 is 42.9 Å². The SMILES string of the molecule is CC(=O)OC[C@H]1O[C@@H](n2c3c(cc(C#N)c2=S)CCCC3)[C@@H](OC(C)=O)[C@@H](OC(C)=O)[C@H]1OC(C)=O. The van der Waals surface area contributed by atoms with Gasteiger partial charge in [0, 0.05) is 33.4 Å². The number of fused-ring (bicyclic) bond motifs is 1. The minimum absolute atomic E-state index is 0.152. The largest absolute Gasteiger partial charge is 0.463 e. The molecule has 5 atom stereocenters. The summed E-state index contributed by atoms with van der Waals surface area (Å²) in [5, 5.41) is 9.72. The third-order valence-corrected chi connectivity index (χ3v) is 6.30. The number of carbonyl (C=O) groups is 4. The highest BCUT2D eigenvalue weighted by Crippen LogP contribution is 2.37. The van der Waals surface area contributed by atoms with Crippen LogP contribution in [0.15, 0.2) is 6.07 Å². The fraction of sp³-hybridized carbons (Fsp3) is 0.583. The quantitative estimate of drug-likeness (QED) is 0.309. The molecule has 1 fully saturated rings. The van der Waals surface area contributed by atoms with Crippen LogP contribution in [0.1, 0.15) is 63.6 Å². The zero-order valence-corrected chi connectivity index (χ0v) is 21.3. The van der Waals surface area contributed by atoms with Crippen LogP contribution >= 0.6 is 12.2 Å². The van der Waals surface area contributed by atoms with Gasteiger partial charge in [0.15, 0.2) is 24.5 Å². The van der Waals surface area contributed by atoms with Crippen LogP contribution in [0.5, 0.6) is 0 Å². The van der Waals surface area contributed by atoms with Gasteiger partial charge in [0.2, 0.25) is 0 Å². The lowest BCUT2D eigenvalue weighted by Gasteiger charge is -2.45. The molecular weight excluding hydrogens is 492 g/mol. The summed E-state index contributed by atoms with van der Waals surface area (Å²) in [6.07, 6.45) is -3.04. The molecule has 1 aromatic heterocycles. The number of ether oxygens (including phenoxy) is 5. The Hall–Kier alpha value is -3.30.